The Morgan fingerprint density at radius 2 is 1.63 bits per heavy atom. The van der Waals surface area contributed by atoms with E-state index < -0.39 is 16.8 Å². The number of benzene rings is 3. The van der Waals surface area contributed by atoms with Crippen LogP contribution in [0.5, 0.6) is 11.5 Å². The molecule has 0 radical (unpaired) electrons. The highest BCUT2D eigenvalue weighted by atomic mass is 32.2. The number of ether oxygens (including phenoxy) is 2. The van der Waals surface area contributed by atoms with Gasteiger partial charge in [0.15, 0.2) is 0 Å². The standard InChI is InChI=1S/C31H33FO5S/c32-30-18-24-3-1-2-23-16-27(36-19-22-12-14-38(35)15-13-22)9-10-28(23)29(24)17-25(30)20-37-26-7-4-21(5-8-26)6-11-31(33)34/h4-5,7-10,16-18,22H,1-3,6,11-15,19-20H2,(H,33,34). The molecule has 0 atom stereocenters. The fourth-order valence-corrected chi connectivity index (χ4v) is 6.61. The Morgan fingerprint density at radius 3 is 2.37 bits per heavy atom. The van der Waals surface area contributed by atoms with Gasteiger partial charge in [0.1, 0.15) is 23.9 Å². The normalized spacial score (nSPS) is 18.7. The maximum absolute atomic E-state index is 15.0. The fourth-order valence-electron chi connectivity index (χ4n) is 5.21. The van der Waals surface area contributed by atoms with Crippen molar-refractivity contribution in [3.63, 3.8) is 0 Å². The first-order chi connectivity index (χ1) is 18.4. The first kappa shape index (κ1) is 26.4. The van der Waals surface area contributed by atoms with Crippen LogP contribution in [0.4, 0.5) is 4.39 Å². The van der Waals surface area contributed by atoms with Gasteiger partial charge in [0.25, 0.3) is 0 Å². The highest BCUT2D eigenvalue weighted by molar-refractivity contribution is 7.85. The van der Waals surface area contributed by atoms with Gasteiger partial charge in [0.2, 0.25) is 0 Å². The van der Waals surface area contributed by atoms with Crippen molar-refractivity contribution in [3.05, 3.63) is 82.7 Å². The van der Waals surface area contributed by atoms with Crippen LogP contribution in [0.2, 0.25) is 0 Å². The summed E-state index contributed by atoms with van der Waals surface area (Å²) in [6.45, 7) is 0.760. The number of aryl methyl sites for hydroxylation is 3. The molecule has 0 spiro atoms. The Bertz CT molecular complexity index is 1310. The molecule has 0 unspecified atom stereocenters. The van der Waals surface area contributed by atoms with Crippen LogP contribution in [-0.2, 0) is 41.5 Å². The first-order valence-corrected chi connectivity index (χ1v) is 14.8. The lowest BCUT2D eigenvalue weighted by atomic mass is 9.94. The zero-order valence-electron chi connectivity index (χ0n) is 21.4. The van der Waals surface area contributed by atoms with Crippen molar-refractivity contribution < 1.29 is 28.0 Å². The Morgan fingerprint density at radius 1 is 0.921 bits per heavy atom. The Labute approximate surface area is 225 Å². The second kappa shape index (κ2) is 12.1. The number of halogens is 1. The molecule has 5 rings (SSSR count). The van der Waals surface area contributed by atoms with Crippen molar-refractivity contribution in [3.8, 4) is 22.6 Å². The van der Waals surface area contributed by atoms with E-state index >= 15 is 4.39 Å². The van der Waals surface area contributed by atoms with Crippen LogP contribution in [0.15, 0.2) is 54.6 Å². The van der Waals surface area contributed by atoms with Crippen molar-refractivity contribution in [2.45, 2.75) is 51.6 Å². The predicted molar refractivity (Wildman–Crippen MR) is 147 cm³/mol. The molecule has 7 heteroatoms. The van der Waals surface area contributed by atoms with Gasteiger partial charge in [0, 0.05) is 34.3 Å². The van der Waals surface area contributed by atoms with Gasteiger partial charge in [-0.2, -0.15) is 0 Å². The summed E-state index contributed by atoms with van der Waals surface area (Å²) in [7, 11) is -0.663. The van der Waals surface area contributed by atoms with Crippen LogP contribution in [0.1, 0.15) is 47.9 Å². The van der Waals surface area contributed by atoms with Gasteiger partial charge in [0.05, 0.1) is 6.61 Å². The van der Waals surface area contributed by atoms with Crippen molar-refractivity contribution >= 4 is 16.8 Å². The van der Waals surface area contributed by atoms with Gasteiger partial charge in [-0.05, 0) is 109 Å². The lowest BCUT2D eigenvalue weighted by Gasteiger charge is -2.22. The molecule has 3 aromatic rings. The number of carboxylic acid groups (broad SMARTS) is 1. The Hall–Kier alpha value is -3.19. The van der Waals surface area contributed by atoms with Crippen LogP contribution >= 0.6 is 0 Å². The van der Waals surface area contributed by atoms with E-state index in [-0.39, 0.29) is 18.8 Å². The zero-order chi connectivity index (χ0) is 26.5. The second-order valence-electron chi connectivity index (χ2n) is 10.2. The third kappa shape index (κ3) is 6.62. The number of fused-ring (bicyclic) bond motifs is 3. The maximum Gasteiger partial charge on any atom is 0.303 e. The summed E-state index contributed by atoms with van der Waals surface area (Å²) >= 11 is 0. The van der Waals surface area contributed by atoms with Crippen molar-refractivity contribution in [1.82, 2.24) is 0 Å². The van der Waals surface area contributed by atoms with Crippen LogP contribution in [0, 0.1) is 11.7 Å². The number of carboxylic acids is 1. The number of aliphatic carboxylic acids is 1. The van der Waals surface area contributed by atoms with Crippen LogP contribution < -0.4 is 9.47 Å². The van der Waals surface area contributed by atoms with Crippen molar-refractivity contribution in [1.29, 1.82) is 0 Å². The smallest absolute Gasteiger partial charge is 0.303 e. The van der Waals surface area contributed by atoms with E-state index in [1.165, 1.54) is 5.56 Å². The molecule has 1 aliphatic heterocycles. The SMILES string of the molecule is O=C(O)CCc1ccc(OCc2cc3c(cc2F)CCCc2cc(OCC4CCS(=O)CC4)ccc2-3)cc1. The van der Waals surface area contributed by atoms with Gasteiger partial charge >= 0.3 is 5.97 Å². The van der Waals surface area contributed by atoms with Crippen LogP contribution in [-0.4, -0.2) is 33.4 Å². The predicted octanol–water partition coefficient (Wildman–Crippen LogP) is 6.12. The second-order valence-corrected chi connectivity index (χ2v) is 11.9. The average Bonchev–Trinajstić information content (AvgIpc) is 3.09. The molecule has 1 heterocycles. The average molecular weight is 537 g/mol. The molecule has 2 aliphatic rings. The lowest BCUT2D eigenvalue weighted by Crippen LogP contribution is -2.23. The lowest BCUT2D eigenvalue weighted by molar-refractivity contribution is -0.136. The molecule has 0 amide bonds. The summed E-state index contributed by atoms with van der Waals surface area (Å²) < 4.78 is 38.6. The van der Waals surface area contributed by atoms with Crippen molar-refractivity contribution in [2.75, 3.05) is 18.1 Å². The minimum absolute atomic E-state index is 0.0827. The quantitative estimate of drug-likeness (QED) is 0.357. The monoisotopic (exact) mass is 536 g/mol. The molecule has 38 heavy (non-hydrogen) atoms. The largest absolute Gasteiger partial charge is 0.493 e. The molecule has 0 aromatic heterocycles. The highest BCUT2D eigenvalue weighted by Crippen LogP contribution is 2.36. The van der Waals surface area contributed by atoms with E-state index in [1.807, 2.05) is 24.3 Å². The summed E-state index contributed by atoms with van der Waals surface area (Å²) in [5.74, 6) is 2.39. The number of carbonyl (C=O) groups is 1. The van der Waals surface area contributed by atoms with Crippen LogP contribution in [0.3, 0.4) is 0 Å². The van der Waals surface area contributed by atoms with Gasteiger partial charge < -0.3 is 14.6 Å². The molecule has 0 saturated carbocycles. The van der Waals surface area contributed by atoms with Gasteiger partial charge in [-0.15, -0.1) is 0 Å². The number of rotatable bonds is 9. The Balaban J connectivity index is 1.28. The molecular formula is C31H33FO5S. The van der Waals surface area contributed by atoms with E-state index in [1.54, 1.807) is 18.2 Å². The molecule has 5 nitrogen and oxygen atoms in total. The summed E-state index contributed by atoms with van der Waals surface area (Å²) in [6.07, 6.45) is 5.12. The molecule has 1 aliphatic carbocycles. The van der Waals surface area contributed by atoms with E-state index in [9.17, 15) is 9.00 Å². The summed E-state index contributed by atoms with van der Waals surface area (Å²) in [5, 5.41) is 8.85. The molecule has 200 valence electrons. The first-order valence-electron chi connectivity index (χ1n) is 13.3. The fraction of sp³-hybridized carbons (Fsp3) is 0.387. The topological polar surface area (TPSA) is 72.8 Å². The highest BCUT2D eigenvalue weighted by Gasteiger charge is 2.20. The Kier molecular flexibility index (Phi) is 8.42. The van der Waals surface area contributed by atoms with Gasteiger partial charge in [-0.25, -0.2) is 4.39 Å². The zero-order valence-corrected chi connectivity index (χ0v) is 22.2. The summed E-state index contributed by atoms with van der Waals surface area (Å²) in [6, 6.07) is 17.0. The van der Waals surface area contributed by atoms with E-state index in [4.69, 9.17) is 14.6 Å². The molecular weight excluding hydrogens is 503 g/mol. The van der Waals surface area contributed by atoms with E-state index in [0.29, 0.717) is 30.3 Å². The van der Waals surface area contributed by atoms with Gasteiger partial charge in [-0.1, -0.05) is 18.2 Å². The minimum atomic E-state index is -0.825. The molecule has 0 bridgehead atoms. The minimum Gasteiger partial charge on any atom is -0.493 e. The maximum atomic E-state index is 15.0. The molecule has 3 aromatic carbocycles. The van der Waals surface area contributed by atoms with Crippen molar-refractivity contribution in [2.24, 2.45) is 5.92 Å². The third-order valence-electron chi connectivity index (χ3n) is 7.47. The molecule has 1 saturated heterocycles. The van der Waals surface area contributed by atoms with Gasteiger partial charge in [-0.3, -0.25) is 9.00 Å². The number of hydrogen-bond donors (Lipinski definition) is 1. The third-order valence-corrected chi connectivity index (χ3v) is 8.85. The van der Waals surface area contributed by atoms with E-state index in [2.05, 4.69) is 12.1 Å². The molecule has 1 N–H and O–H groups in total. The summed E-state index contributed by atoms with van der Waals surface area (Å²) in [4.78, 5) is 10.8. The summed E-state index contributed by atoms with van der Waals surface area (Å²) in [5.41, 5.74) is 5.80. The molecule has 1 fully saturated rings. The number of hydrogen-bond acceptors (Lipinski definition) is 4. The van der Waals surface area contributed by atoms with Crippen LogP contribution in [0.25, 0.3) is 11.1 Å². The van der Waals surface area contributed by atoms with E-state index in [0.717, 1.165) is 71.6 Å².